The van der Waals surface area contributed by atoms with Crippen molar-refractivity contribution < 1.29 is 16.8 Å². The molecule has 2 fully saturated rings. The average Bonchev–Trinajstić information content (AvgIpc) is 3.12. The van der Waals surface area contributed by atoms with Crippen LogP contribution in [0, 0.1) is 5.92 Å². The lowest BCUT2D eigenvalue weighted by Gasteiger charge is -2.30. The van der Waals surface area contributed by atoms with Gasteiger partial charge in [-0.15, -0.1) is 12.4 Å². The molecule has 148 valence electrons. The average molecular weight is 424 g/mol. The van der Waals surface area contributed by atoms with Crippen molar-refractivity contribution >= 4 is 32.5 Å². The Morgan fingerprint density at radius 2 is 1.69 bits per heavy atom. The van der Waals surface area contributed by atoms with E-state index in [9.17, 15) is 16.8 Å². The van der Waals surface area contributed by atoms with Crippen LogP contribution in [0.4, 0.5) is 0 Å². The Kier molecular flexibility index (Phi) is 7.09. The Morgan fingerprint density at radius 1 is 1.08 bits per heavy atom. The van der Waals surface area contributed by atoms with Crippen LogP contribution in [-0.2, 0) is 20.0 Å². The molecule has 2 atom stereocenters. The summed E-state index contributed by atoms with van der Waals surface area (Å²) in [4.78, 5) is -0.305. The lowest BCUT2D eigenvalue weighted by Crippen LogP contribution is -2.50. The molecule has 1 aromatic carbocycles. The zero-order valence-electron chi connectivity index (χ0n) is 14.7. The number of piperidine rings is 1. The maximum Gasteiger partial charge on any atom is 0.244 e. The van der Waals surface area contributed by atoms with Crippen LogP contribution in [0.25, 0.3) is 0 Å². The van der Waals surface area contributed by atoms with Gasteiger partial charge in [-0.25, -0.2) is 21.6 Å². The third-order valence-corrected chi connectivity index (χ3v) is 8.59. The topological polar surface area (TPSA) is 95.6 Å². The minimum absolute atomic E-state index is 0. The van der Waals surface area contributed by atoms with Crippen molar-refractivity contribution in [3.05, 3.63) is 24.3 Å². The second-order valence-electron chi connectivity index (χ2n) is 6.76. The molecule has 0 amide bonds. The maximum absolute atomic E-state index is 12.9. The van der Waals surface area contributed by atoms with Crippen molar-refractivity contribution in [2.24, 2.45) is 5.92 Å². The Labute approximate surface area is 162 Å². The largest absolute Gasteiger partial charge is 0.315 e. The highest BCUT2D eigenvalue weighted by Crippen LogP contribution is 2.27. The fourth-order valence-corrected chi connectivity index (χ4v) is 7.03. The number of hydrogen-bond acceptors (Lipinski definition) is 5. The molecule has 2 saturated heterocycles. The monoisotopic (exact) mass is 423 g/mol. The molecule has 2 heterocycles. The van der Waals surface area contributed by atoms with Gasteiger partial charge in [0.1, 0.15) is 9.79 Å². The second-order valence-corrected chi connectivity index (χ2v) is 10.3. The quantitative estimate of drug-likeness (QED) is 0.741. The van der Waals surface area contributed by atoms with E-state index in [4.69, 9.17) is 0 Å². The van der Waals surface area contributed by atoms with Crippen LogP contribution in [0.15, 0.2) is 34.1 Å². The van der Waals surface area contributed by atoms with E-state index in [0.29, 0.717) is 19.6 Å². The molecule has 2 aliphatic heterocycles. The van der Waals surface area contributed by atoms with E-state index in [-0.39, 0.29) is 34.2 Å². The SMILES string of the molecule is CC1CCNCC1NS(=O)(=O)c1ccccc1S(=O)(=O)N1CCCC1.Cl. The van der Waals surface area contributed by atoms with E-state index in [1.807, 2.05) is 6.92 Å². The van der Waals surface area contributed by atoms with Crippen LogP contribution in [0.2, 0.25) is 0 Å². The van der Waals surface area contributed by atoms with Gasteiger partial charge in [-0.2, -0.15) is 4.31 Å². The van der Waals surface area contributed by atoms with Gasteiger partial charge in [0.05, 0.1) is 0 Å². The predicted molar refractivity (Wildman–Crippen MR) is 102 cm³/mol. The molecule has 3 rings (SSSR count). The Hall–Kier alpha value is -0.710. The Bertz CT molecular complexity index is 824. The first-order valence-electron chi connectivity index (χ1n) is 8.64. The van der Waals surface area contributed by atoms with Crippen LogP contribution >= 0.6 is 12.4 Å². The smallest absolute Gasteiger partial charge is 0.244 e. The van der Waals surface area contributed by atoms with E-state index in [2.05, 4.69) is 10.0 Å². The van der Waals surface area contributed by atoms with E-state index < -0.39 is 20.0 Å². The molecular formula is C16H26ClN3O4S2. The zero-order chi connectivity index (χ0) is 18.1. The van der Waals surface area contributed by atoms with Crippen molar-refractivity contribution in [1.82, 2.24) is 14.3 Å². The van der Waals surface area contributed by atoms with E-state index in [0.717, 1.165) is 25.8 Å². The summed E-state index contributed by atoms with van der Waals surface area (Å²) in [7, 11) is -7.74. The summed E-state index contributed by atoms with van der Waals surface area (Å²) in [6.45, 7) is 4.28. The molecule has 2 aliphatic rings. The molecule has 26 heavy (non-hydrogen) atoms. The van der Waals surface area contributed by atoms with Crippen LogP contribution in [0.5, 0.6) is 0 Å². The number of halogens is 1. The summed E-state index contributed by atoms with van der Waals surface area (Å²) < 4.78 is 55.6. The standard InChI is InChI=1S/C16H25N3O4S2.ClH/c1-13-8-9-17-12-14(13)18-24(20,21)15-6-2-3-7-16(15)25(22,23)19-10-4-5-11-19;/h2-3,6-7,13-14,17-18H,4-5,8-12H2,1H3;1H. The summed E-state index contributed by atoms with van der Waals surface area (Å²) >= 11 is 0. The first-order valence-corrected chi connectivity index (χ1v) is 11.6. The number of nitrogens with zero attached hydrogens (tertiary/aromatic N) is 1. The lowest BCUT2D eigenvalue weighted by molar-refractivity contribution is 0.327. The van der Waals surface area contributed by atoms with Gasteiger partial charge in [-0.3, -0.25) is 0 Å². The molecule has 1 aromatic rings. The highest BCUT2D eigenvalue weighted by atomic mass is 35.5. The van der Waals surface area contributed by atoms with Gasteiger partial charge in [-0.05, 0) is 43.9 Å². The van der Waals surface area contributed by atoms with Crippen molar-refractivity contribution in [2.45, 2.75) is 42.0 Å². The van der Waals surface area contributed by atoms with Crippen molar-refractivity contribution in [1.29, 1.82) is 0 Å². The molecule has 0 spiro atoms. The molecule has 0 aromatic heterocycles. The molecule has 2 N–H and O–H groups in total. The molecule has 0 radical (unpaired) electrons. The summed E-state index contributed by atoms with van der Waals surface area (Å²) in [5.41, 5.74) is 0. The minimum atomic E-state index is -3.93. The number of hydrogen-bond donors (Lipinski definition) is 2. The van der Waals surface area contributed by atoms with Crippen molar-refractivity contribution in [3.63, 3.8) is 0 Å². The van der Waals surface area contributed by atoms with Gasteiger partial charge >= 0.3 is 0 Å². The summed E-state index contributed by atoms with van der Waals surface area (Å²) in [5, 5.41) is 3.18. The van der Waals surface area contributed by atoms with Gasteiger partial charge in [0, 0.05) is 25.7 Å². The van der Waals surface area contributed by atoms with E-state index in [1.54, 1.807) is 12.1 Å². The second kappa shape index (κ2) is 8.53. The number of rotatable bonds is 5. The number of nitrogens with one attached hydrogen (secondary N) is 2. The fraction of sp³-hybridized carbons (Fsp3) is 0.625. The van der Waals surface area contributed by atoms with Crippen molar-refractivity contribution in [3.8, 4) is 0 Å². The first-order chi connectivity index (χ1) is 11.8. The highest BCUT2D eigenvalue weighted by molar-refractivity contribution is 7.92. The third-order valence-electron chi connectivity index (χ3n) is 4.96. The molecule has 0 saturated carbocycles. The molecular weight excluding hydrogens is 398 g/mol. The van der Waals surface area contributed by atoms with Gasteiger partial charge in [0.15, 0.2) is 0 Å². The molecule has 7 nitrogen and oxygen atoms in total. The van der Waals surface area contributed by atoms with Gasteiger partial charge in [0.25, 0.3) is 0 Å². The Balaban J connectivity index is 0.00000243. The maximum atomic E-state index is 12.9. The van der Waals surface area contributed by atoms with E-state index in [1.165, 1.54) is 16.4 Å². The molecule has 2 unspecified atom stereocenters. The summed E-state index contributed by atoms with van der Waals surface area (Å²) in [6, 6.07) is 5.62. The van der Waals surface area contributed by atoms with Crippen LogP contribution < -0.4 is 10.0 Å². The van der Waals surface area contributed by atoms with Crippen LogP contribution in [0.3, 0.4) is 0 Å². The lowest BCUT2D eigenvalue weighted by atomic mass is 9.96. The summed E-state index contributed by atoms with van der Waals surface area (Å²) in [5.74, 6) is 0.193. The minimum Gasteiger partial charge on any atom is -0.315 e. The molecule has 0 aliphatic carbocycles. The van der Waals surface area contributed by atoms with Gasteiger partial charge in [0.2, 0.25) is 20.0 Å². The highest BCUT2D eigenvalue weighted by Gasteiger charge is 2.34. The fourth-order valence-electron chi connectivity index (χ4n) is 3.36. The predicted octanol–water partition coefficient (Wildman–Crippen LogP) is 1.17. The van der Waals surface area contributed by atoms with Gasteiger partial charge in [-0.1, -0.05) is 19.1 Å². The number of sulfonamides is 2. The Morgan fingerprint density at radius 3 is 2.31 bits per heavy atom. The van der Waals surface area contributed by atoms with E-state index >= 15 is 0 Å². The summed E-state index contributed by atoms with van der Waals surface area (Å²) in [6.07, 6.45) is 2.48. The molecule has 10 heteroatoms. The molecule has 0 bridgehead atoms. The first kappa shape index (κ1) is 21.6. The normalized spacial score (nSPS) is 25.0. The number of benzene rings is 1. The van der Waals surface area contributed by atoms with Crippen molar-refractivity contribution in [2.75, 3.05) is 26.2 Å². The third kappa shape index (κ3) is 4.40. The van der Waals surface area contributed by atoms with Crippen LogP contribution in [-0.4, -0.2) is 53.4 Å². The van der Waals surface area contributed by atoms with Crippen LogP contribution in [0.1, 0.15) is 26.2 Å². The zero-order valence-corrected chi connectivity index (χ0v) is 17.2. The van der Waals surface area contributed by atoms with Gasteiger partial charge < -0.3 is 5.32 Å².